The Morgan fingerprint density at radius 2 is 1.85 bits per heavy atom. The summed E-state index contributed by atoms with van der Waals surface area (Å²) in [5.41, 5.74) is -0.187. The number of alkyl halides is 4. The number of hydrogen-bond donors (Lipinski definition) is 1. The summed E-state index contributed by atoms with van der Waals surface area (Å²) in [7, 11) is -3.08. The molecule has 1 aliphatic carbocycles. The summed E-state index contributed by atoms with van der Waals surface area (Å²) in [4.78, 5) is 17.3. The normalized spacial score (nSPS) is 18.5. The second kappa shape index (κ2) is 12.2. The number of aryl methyl sites for hydroxylation is 1. The monoisotopic (exact) mass is 576 g/mol. The van der Waals surface area contributed by atoms with Gasteiger partial charge in [0.2, 0.25) is 6.43 Å². The fraction of sp³-hybridized carbons (Fsp3) is 0.654. The Hall–Kier alpha value is -2.70. The molecule has 39 heavy (non-hydrogen) atoms. The molecule has 2 aromatic heterocycles. The van der Waals surface area contributed by atoms with Gasteiger partial charge in [-0.1, -0.05) is 13.8 Å². The number of pyridine rings is 1. The van der Waals surface area contributed by atoms with Crippen molar-refractivity contribution in [2.75, 3.05) is 12.8 Å². The lowest BCUT2D eigenvalue weighted by molar-refractivity contribution is -0.0496. The maximum absolute atomic E-state index is 13.4. The minimum Gasteiger partial charge on any atom is -0.434 e. The van der Waals surface area contributed by atoms with Crippen LogP contribution in [0.4, 0.5) is 17.6 Å². The van der Waals surface area contributed by atoms with E-state index < -0.39 is 34.2 Å². The summed E-state index contributed by atoms with van der Waals surface area (Å²) in [5, 5.41) is 6.92. The molecule has 2 heterocycles. The van der Waals surface area contributed by atoms with Crippen molar-refractivity contribution in [1.82, 2.24) is 20.1 Å². The van der Waals surface area contributed by atoms with Crippen LogP contribution in [0.15, 0.2) is 12.3 Å². The number of ether oxygens (including phenoxy) is 1. The van der Waals surface area contributed by atoms with Gasteiger partial charge in [0.25, 0.3) is 5.91 Å². The van der Waals surface area contributed by atoms with Crippen molar-refractivity contribution < 1.29 is 35.5 Å². The van der Waals surface area contributed by atoms with E-state index in [1.54, 1.807) is 13.8 Å². The number of rotatable bonds is 11. The molecule has 13 heteroatoms. The first kappa shape index (κ1) is 30.8. The van der Waals surface area contributed by atoms with Crippen molar-refractivity contribution in [3.63, 3.8) is 0 Å². The van der Waals surface area contributed by atoms with E-state index in [2.05, 4.69) is 15.4 Å². The van der Waals surface area contributed by atoms with E-state index >= 15 is 0 Å². The molecule has 0 radical (unpaired) electrons. The zero-order valence-corrected chi connectivity index (χ0v) is 23.6. The molecule has 3 rings (SSSR count). The van der Waals surface area contributed by atoms with E-state index in [0.29, 0.717) is 50.0 Å². The Kier molecular flexibility index (Phi) is 9.66. The van der Waals surface area contributed by atoms with E-state index in [0.717, 1.165) is 0 Å². The third-order valence-electron chi connectivity index (χ3n) is 7.28. The molecule has 0 atom stereocenters. The van der Waals surface area contributed by atoms with Gasteiger partial charge in [0, 0.05) is 54.7 Å². The van der Waals surface area contributed by atoms with Crippen molar-refractivity contribution in [3.05, 3.63) is 29.2 Å². The molecule has 218 valence electrons. The van der Waals surface area contributed by atoms with Gasteiger partial charge in [-0.3, -0.25) is 14.5 Å². The molecule has 0 aromatic carbocycles. The van der Waals surface area contributed by atoms with E-state index in [9.17, 15) is 30.8 Å². The van der Waals surface area contributed by atoms with Crippen LogP contribution in [-0.4, -0.2) is 60.2 Å². The number of carbonyl (C=O) groups excluding carboxylic acids is 1. The molecule has 2 aromatic rings. The van der Waals surface area contributed by atoms with Crippen LogP contribution in [0.2, 0.25) is 0 Å². The molecule has 0 aliphatic heterocycles. The van der Waals surface area contributed by atoms with Crippen LogP contribution in [0.5, 0.6) is 5.75 Å². The molecule has 1 aliphatic rings. The second-order valence-corrected chi connectivity index (χ2v) is 13.2. The highest BCUT2D eigenvalue weighted by atomic mass is 32.2. The van der Waals surface area contributed by atoms with Gasteiger partial charge in [-0.25, -0.2) is 17.2 Å². The summed E-state index contributed by atoms with van der Waals surface area (Å²) in [6.45, 7) is 3.64. The maximum Gasteiger partial charge on any atom is 0.387 e. The standard InChI is InChI=1S/C26H36F4N4O4S/c1-6-34-22(19-14-31-17(11-20(19)38-25(29)30)12-26(3,4)24(27)28)15(2)21(33-34)23(35)32-13-16-7-9-18(10-8-16)39(5,36)37/h11,14,16,18,24-25H,6-10,12-13H2,1-5H3,(H,32,35). The predicted molar refractivity (Wildman–Crippen MR) is 139 cm³/mol. The van der Waals surface area contributed by atoms with Gasteiger partial charge in [-0.2, -0.15) is 13.9 Å². The molecular weight excluding hydrogens is 540 g/mol. The van der Waals surface area contributed by atoms with Crippen molar-refractivity contribution in [2.24, 2.45) is 11.3 Å². The van der Waals surface area contributed by atoms with Crippen molar-refractivity contribution in [3.8, 4) is 17.0 Å². The third-order valence-corrected chi connectivity index (χ3v) is 8.96. The van der Waals surface area contributed by atoms with Crippen LogP contribution in [0, 0.1) is 18.3 Å². The largest absolute Gasteiger partial charge is 0.434 e. The van der Waals surface area contributed by atoms with E-state index in [1.807, 2.05) is 0 Å². The minimum absolute atomic E-state index is 0.113. The summed E-state index contributed by atoms with van der Waals surface area (Å²) < 4.78 is 83.2. The highest BCUT2D eigenvalue weighted by molar-refractivity contribution is 7.91. The average molecular weight is 577 g/mol. The molecule has 1 N–H and O–H groups in total. The van der Waals surface area contributed by atoms with Crippen LogP contribution >= 0.6 is 0 Å². The molecular formula is C26H36F4N4O4S. The fourth-order valence-electron chi connectivity index (χ4n) is 4.91. The zero-order chi connectivity index (χ0) is 29.1. The first-order chi connectivity index (χ1) is 18.1. The number of nitrogens with one attached hydrogen (secondary N) is 1. The molecule has 1 fully saturated rings. The first-order valence-corrected chi connectivity index (χ1v) is 14.9. The van der Waals surface area contributed by atoms with Crippen LogP contribution in [-0.2, 0) is 22.8 Å². The predicted octanol–water partition coefficient (Wildman–Crippen LogP) is 5.04. The SMILES string of the molecule is CCn1nc(C(=O)NCC2CCC(S(C)(=O)=O)CC2)c(C)c1-c1cnc(CC(C)(C)C(F)F)cc1OC(F)F. The molecule has 1 saturated carbocycles. The topological polar surface area (TPSA) is 103 Å². The number of sulfone groups is 1. The van der Waals surface area contributed by atoms with Gasteiger partial charge in [0.1, 0.15) is 15.6 Å². The number of aromatic nitrogens is 3. The van der Waals surface area contributed by atoms with Crippen LogP contribution in [0.1, 0.15) is 68.2 Å². The van der Waals surface area contributed by atoms with Crippen molar-refractivity contribution in [2.45, 2.75) is 84.6 Å². The first-order valence-electron chi connectivity index (χ1n) is 12.9. The van der Waals surface area contributed by atoms with Crippen LogP contribution in [0.25, 0.3) is 11.3 Å². The van der Waals surface area contributed by atoms with Gasteiger partial charge < -0.3 is 10.1 Å². The fourth-order valence-corrected chi connectivity index (χ4v) is 6.04. The summed E-state index contributed by atoms with van der Waals surface area (Å²) in [6.07, 6.45) is 2.20. The Morgan fingerprint density at radius 1 is 1.21 bits per heavy atom. The van der Waals surface area contributed by atoms with E-state index in [4.69, 9.17) is 4.74 Å². The lowest BCUT2D eigenvalue weighted by atomic mass is 9.88. The third kappa shape index (κ3) is 7.49. The summed E-state index contributed by atoms with van der Waals surface area (Å²) >= 11 is 0. The Bertz CT molecular complexity index is 1270. The van der Waals surface area contributed by atoms with Gasteiger partial charge >= 0.3 is 6.61 Å². The van der Waals surface area contributed by atoms with E-state index in [-0.39, 0.29) is 40.3 Å². The van der Waals surface area contributed by atoms with Gasteiger partial charge in [0.15, 0.2) is 5.69 Å². The van der Waals surface area contributed by atoms with Gasteiger partial charge in [0.05, 0.1) is 16.5 Å². The molecule has 0 bridgehead atoms. The quantitative estimate of drug-likeness (QED) is 0.376. The summed E-state index contributed by atoms with van der Waals surface area (Å²) in [6, 6.07) is 1.23. The lowest BCUT2D eigenvalue weighted by Gasteiger charge is -2.27. The Balaban J connectivity index is 1.85. The summed E-state index contributed by atoms with van der Waals surface area (Å²) in [5.74, 6) is -0.543. The van der Waals surface area contributed by atoms with E-state index in [1.165, 1.54) is 37.0 Å². The van der Waals surface area contributed by atoms with Crippen molar-refractivity contribution >= 4 is 15.7 Å². The van der Waals surface area contributed by atoms with Crippen molar-refractivity contribution in [1.29, 1.82) is 0 Å². The molecule has 0 unspecified atom stereocenters. The number of hydrogen-bond acceptors (Lipinski definition) is 6. The number of amides is 1. The highest BCUT2D eigenvalue weighted by Crippen LogP contribution is 2.37. The highest BCUT2D eigenvalue weighted by Gasteiger charge is 2.32. The minimum atomic E-state index is -3.17. The molecule has 0 saturated heterocycles. The molecule has 1 amide bonds. The zero-order valence-electron chi connectivity index (χ0n) is 22.8. The maximum atomic E-state index is 13.4. The van der Waals surface area contributed by atoms with Gasteiger partial charge in [-0.05, 0) is 45.4 Å². The Morgan fingerprint density at radius 3 is 2.38 bits per heavy atom. The molecule has 8 nitrogen and oxygen atoms in total. The van der Waals surface area contributed by atoms with Crippen LogP contribution in [0.3, 0.4) is 0 Å². The van der Waals surface area contributed by atoms with Crippen LogP contribution < -0.4 is 10.1 Å². The number of halogens is 4. The molecule has 0 spiro atoms. The number of carbonyl (C=O) groups is 1. The second-order valence-electron chi connectivity index (χ2n) is 10.8. The number of nitrogens with zero attached hydrogens (tertiary/aromatic N) is 3. The lowest BCUT2D eigenvalue weighted by Crippen LogP contribution is -2.34. The van der Waals surface area contributed by atoms with Gasteiger partial charge in [-0.15, -0.1) is 0 Å². The smallest absolute Gasteiger partial charge is 0.387 e. The Labute approximate surface area is 226 Å². The average Bonchev–Trinajstić information content (AvgIpc) is 3.18.